The van der Waals surface area contributed by atoms with Crippen molar-refractivity contribution in [2.75, 3.05) is 39.4 Å². The van der Waals surface area contributed by atoms with Crippen LogP contribution in [0.15, 0.2) is 48.2 Å². The second-order valence-corrected chi connectivity index (χ2v) is 9.77. The largest absolute Gasteiger partial charge is 0.379 e. The highest BCUT2D eigenvalue weighted by atomic mass is 19.1. The quantitative estimate of drug-likeness (QED) is 0.695. The summed E-state index contributed by atoms with van der Waals surface area (Å²) in [5, 5.41) is 2.96. The lowest BCUT2D eigenvalue weighted by atomic mass is 9.93. The van der Waals surface area contributed by atoms with E-state index in [4.69, 9.17) is 9.72 Å². The second-order valence-electron chi connectivity index (χ2n) is 9.77. The van der Waals surface area contributed by atoms with Crippen LogP contribution in [0.25, 0.3) is 16.7 Å². The van der Waals surface area contributed by atoms with Gasteiger partial charge >= 0.3 is 6.03 Å². The second kappa shape index (κ2) is 10.3. The number of amides is 2. The first-order valence-corrected chi connectivity index (χ1v) is 12.5. The predicted molar refractivity (Wildman–Crippen MR) is 135 cm³/mol. The van der Waals surface area contributed by atoms with E-state index >= 15 is 0 Å². The van der Waals surface area contributed by atoms with Crippen LogP contribution in [0.4, 0.5) is 9.18 Å². The number of fused-ring (bicyclic) bond motifs is 1. The molecule has 2 aromatic rings. The molecule has 1 saturated heterocycles. The molecule has 0 spiro atoms. The molecule has 1 aromatic carbocycles. The molecule has 1 aromatic heterocycles. The topological polar surface area (TPSA) is 57.7 Å². The average Bonchev–Trinajstić information content (AvgIpc) is 3.29. The predicted octanol–water partition coefficient (Wildman–Crippen LogP) is 4.41. The smallest absolute Gasteiger partial charge is 0.317 e. The molecule has 5 rings (SSSR count). The normalized spacial score (nSPS) is 18.3. The summed E-state index contributed by atoms with van der Waals surface area (Å²) in [6, 6.07) is 7.57. The molecular formula is C28H33FN4O2. The number of hydrogen-bond donors (Lipinski definition) is 1. The number of carbonyl (C=O) groups is 1. The summed E-state index contributed by atoms with van der Waals surface area (Å²) in [7, 11) is 0. The lowest BCUT2D eigenvalue weighted by Crippen LogP contribution is -2.44. The first kappa shape index (κ1) is 23.7. The number of nitrogens with zero attached hydrogens (tertiary/aromatic N) is 3. The third-order valence-corrected chi connectivity index (χ3v) is 6.87. The number of urea groups is 1. The van der Waals surface area contributed by atoms with E-state index in [-0.39, 0.29) is 17.9 Å². The Morgan fingerprint density at radius 3 is 2.71 bits per heavy atom. The van der Waals surface area contributed by atoms with Crippen molar-refractivity contribution in [1.82, 2.24) is 20.1 Å². The summed E-state index contributed by atoms with van der Waals surface area (Å²) in [5.74, 6) is -0.232. The van der Waals surface area contributed by atoms with Crippen LogP contribution < -0.4 is 5.32 Å². The molecule has 3 heterocycles. The van der Waals surface area contributed by atoms with Gasteiger partial charge in [0.25, 0.3) is 0 Å². The Morgan fingerprint density at radius 1 is 1.14 bits per heavy atom. The van der Waals surface area contributed by atoms with Gasteiger partial charge in [0, 0.05) is 68.1 Å². The molecule has 7 heteroatoms. The van der Waals surface area contributed by atoms with Gasteiger partial charge in [0.2, 0.25) is 0 Å². The third kappa shape index (κ3) is 5.31. The molecule has 2 aliphatic heterocycles. The van der Waals surface area contributed by atoms with Crippen LogP contribution in [-0.4, -0.2) is 66.2 Å². The Bertz CT molecular complexity index is 1170. The van der Waals surface area contributed by atoms with Crippen molar-refractivity contribution in [2.45, 2.75) is 39.3 Å². The average molecular weight is 477 g/mol. The molecule has 1 fully saturated rings. The Kier molecular flexibility index (Phi) is 6.97. The maximum absolute atomic E-state index is 14.9. The van der Waals surface area contributed by atoms with Gasteiger partial charge in [0.05, 0.1) is 18.9 Å². The van der Waals surface area contributed by atoms with E-state index in [1.807, 2.05) is 30.9 Å². The molecule has 184 valence electrons. The minimum absolute atomic E-state index is 0.0208. The lowest BCUT2D eigenvalue weighted by Gasteiger charge is -2.28. The number of carbonyl (C=O) groups excluding carboxylic acids is 1. The van der Waals surface area contributed by atoms with Crippen molar-refractivity contribution in [3.63, 3.8) is 0 Å². The summed E-state index contributed by atoms with van der Waals surface area (Å²) in [6.07, 6.45) is 7.71. The molecule has 3 aliphatic rings. The van der Waals surface area contributed by atoms with Crippen LogP contribution in [0.2, 0.25) is 0 Å². The van der Waals surface area contributed by atoms with Gasteiger partial charge in [-0.1, -0.05) is 18.2 Å². The number of benzene rings is 1. The van der Waals surface area contributed by atoms with Gasteiger partial charge in [-0.15, -0.1) is 0 Å². The van der Waals surface area contributed by atoms with E-state index in [1.165, 1.54) is 11.1 Å². The SMILES string of the molecule is CC(C)NC(=O)N1CC=C(C2=CCc3ncc(-c4cc(CN5CCOCC5)ccc4F)cc32)CC1. The molecule has 0 atom stereocenters. The molecule has 0 saturated carbocycles. The van der Waals surface area contributed by atoms with Crippen molar-refractivity contribution in [3.8, 4) is 11.1 Å². The van der Waals surface area contributed by atoms with Crippen molar-refractivity contribution in [1.29, 1.82) is 0 Å². The highest BCUT2D eigenvalue weighted by molar-refractivity contribution is 5.86. The monoisotopic (exact) mass is 476 g/mol. The number of nitrogens with one attached hydrogen (secondary N) is 1. The number of rotatable bonds is 5. The fraction of sp³-hybridized carbons (Fsp3) is 0.429. The Morgan fingerprint density at radius 2 is 1.97 bits per heavy atom. The van der Waals surface area contributed by atoms with Crippen molar-refractivity contribution in [3.05, 3.63) is 70.8 Å². The molecule has 0 unspecified atom stereocenters. The van der Waals surface area contributed by atoms with Crippen LogP contribution in [0.3, 0.4) is 0 Å². The minimum Gasteiger partial charge on any atom is -0.379 e. The van der Waals surface area contributed by atoms with E-state index in [2.05, 4.69) is 28.4 Å². The summed E-state index contributed by atoms with van der Waals surface area (Å²) in [6.45, 7) is 9.27. The molecule has 1 N–H and O–H groups in total. The van der Waals surface area contributed by atoms with Crippen LogP contribution in [0.5, 0.6) is 0 Å². The van der Waals surface area contributed by atoms with Gasteiger partial charge in [0.15, 0.2) is 0 Å². The van der Waals surface area contributed by atoms with E-state index in [0.717, 1.165) is 68.1 Å². The van der Waals surface area contributed by atoms with Gasteiger partial charge in [-0.25, -0.2) is 9.18 Å². The molecular weight excluding hydrogens is 443 g/mol. The van der Waals surface area contributed by atoms with Crippen LogP contribution in [0, 0.1) is 5.82 Å². The number of allylic oxidation sites excluding steroid dienone is 2. The van der Waals surface area contributed by atoms with Gasteiger partial charge in [-0.3, -0.25) is 9.88 Å². The Hall–Kier alpha value is -3.03. The first-order valence-electron chi connectivity index (χ1n) is 12.5. The molecule has 6 nitrogen and oxygen atoms in total. The van der Waals surface area contributed by atoms with Crippen LogP contribution >= 0.6 is 0 Å². The molecule has 0 bridgehead atoms. The standard InChI is InChI=1S/C28H33FN4O2/c1-19(2)31-28(34)33-9-7-21(8-10-33)23-4-6-27-25(23)16-22(17-30-27)24-15-20(3-5-26(24)29)18-32-11-13-35-14-12-32/h3-5,7,15-17,19H,6,8-14,18H2,1-2H3,(H,31,34). The number of morpholine rings is 1. The molecule has 2 amide bonds. The zero-order chi connectivity index (χ0) is 24.4. The Labute approximate surface area is 206 Å². The highest BCUT2D eigenvalue weighted by Crippen LogP contribution is 2.37. The number of pyridine rings is 1. The van der Waals surface area contributed by atoms with Crippen molar-refractivity contribution < 1.29 is 13.9 Å². The van der Waals surface area contributed by atoms with Crippen LogP contribution in [0.1, 0.15) is 37.1 Å². The van der Waals surface area contributed by atoms with Crippen LogP contribution in [-0.2, 0) is 17.7 Å². The zero-order valence-corrected chi connectivity index (χ0v) is 20.5. The number of hydrogen-bond acceptors (Lipinski definition) is 4. The minimum atomic E-state index is -0.232. The van der Waals surface area contributed by atoms with Crippen molar-refractivity contribution in [2.24, 2.45) is 0 Å². The zero-order valence-electron chi connectivity index (χ0n) is 20.5. The van der Waals surface area contributed by atoms with E-state index < -0.39 is 0 Å². The molecule has 1 aliphatic carbocycles. The highest BCUT2D eigenvalue weighted by Gasteiger charge is 2.24. The maximum Gasteiger partial charge on any atom is 0.317 e. The fourth-order valence-electron chi connectivity index (χ4n) is 4.99. The van der Waals surface area contributed by atoms with Gasteiger partial charge in [0.1, 0.15) is 5.82 Å². The summed E-state index contributed by atoms with van der Waals surface area (Å²) in [4.78, 5) is 21.2. The molecule has 0 radical (unpaired) electrons. The van der Waals surface area contributed by atoms with Gasteiger partial charge in [-0.05, 0) is 55.2 Å². The lowest BCUT2D eigenvalue weighted by molar-refractivity contribution is 0.0342. The van der Waals surface area contributed by atoms with E-state index in [9.17, 15) is 9.18 Å². The fourth-order valence-corrected chi connectivity index (χ4v) is 4.99. The number of aromatic nitrogens is 1. The van der Waals surface area contributed by atoms with Crippen molar-refractivity contribution >= 4 is 11.6 Å². The summed E-state index contributed by atoms with van der Waals surface area (Å²) in [5.41, 5.74) is 6.98. The van der Waals surface area contributed by atoms with E-state index in [1.54, 1.807) is 12.3 Å². The number of ether oxygens (including phenoxy) is 1. The number of halogens is 1. The van der Waals surface area contributed by atoms with Gasteiger partial charge in [-0.2, -0.15) is 0 Å². The van der Waals surface area contributed by atoms with Gasteiger partial charge < -0.3 is 15.0 Å². The Balaban J connectivity index is 1.35. The summed E-state index contributed by atoms with van der Waals surface area (Å²) >= 11 is 0. The third-order valence-electron chi connectivity index (χ3n) is 6.87. The maximum atomic E-state index is 14.9. The first-order chi connectivity index (χ1) is 17.0. The van der Waals surface area contributed by atoms with E-state index in [0.29, 0.717) is 18.7 Å². The molecule has 35 heavy (non-hydrogen) atoms. The summed E-state index contributed by atoms with van der Waals surface area (Å²) < 4.78 is 20.4.